The van der Waals surface area contributed by atoms with Crippen LogP contribution in [0, 0.1) is 0 Å². The standard InChI is InChI=1S/C14H15ClN2O3S2/c15-6-5-13(18)17-10-12(11-3-1-7-16-9-11)22(19,20)14-4-2-8-21-14/h1-4,7-9,12H,5-6,10H2,(H,17,18)/t12-/m0/s1. The fourth-order valence-corrected chi connectivity index (χ4v) is 4.94. The number of pyridine rings is 1. The van der Waals surface area contributed by atoms with Crippen LogP contribution in [0.3, 0.4) is 0 Å². The van der Waals surface area contributed by atoms with Crippen LogP contribution in [0.25, 0.3) is 0 Å². The predicted octanol–water partition coefficient (Wildman–Crippen LogP) is 2.40. The second-order valence-electron chi connectivity index (χ2n) is 4.50. The van der Waals surface area contributed by atoms with E-state index in [4.69, 9.17) is 11.6 Å². The number of nitrogens with one attached hydrogen (secondary N) is 1. The zero-order valence-electron chi connectivity index (χ0n) is 11.6. The van der Waals surface area contributed by atoms with Crippen molar-refractivity contribution in [3.63, 3.8) is 0 Å². The Morgan fingerprint density at radius 2 is 2.18 bits per heavy atom. The highest BCUT2D eigenvalue weighted by molar-refractivity contribution is 7.93. The second kappa shape index (κ2) is 7.71. The van der Waals surface area contributed by atoms with Crippen LogP contribution in [-0.4, -0.2) is 31.7 Å². The Bertz CT molecular complexity index is 703. The first-order valence-electron chi connectivity index (χ1n) is 6.55. The largest absolute Gasteiger partial charge is 0.354 e. The number of carbonyl (C=O) groups is 1. The molecule has 0 aromatic carbocycles. The molecule has 5 nitrogen and oxygen atoms in total. The maximum atomic E-state index is 12.8. The van der Waals surface area contributed by atoms with E-state index in [-0.39, 0.29) is 29.0 Å². The van der Waals surface area contributed by atoms with Gasteiger partial charge in [-0.2, -0.15) is 0 Å². The third-order valence-electron chi connectivity index (χ3n) is 3.01. The Labute approximate surface area is 138 Å². The van der Waals surface area contributed by atoms with Crippen molar-refractivity contribution < 1.29 is 13.2 Å². The Kier molecular flexibility index (Phi) is 5.93. The first-order valence-corrected chi connectivity index (χ1v) is 9.51. The third kappa shape index (κ3) is 4.06. The number of rotatable bonds is 7. The molecule has 1 atom stereocenters. The van der Waals surface area contributed by atoms with Crippen LogP contribution in [0.4, 0.5) is 0 Å². The number of sulfone groups is 1. The number of amides is 1. The molecule has 2 aromatic rings. The van der Waals surface area contributed by atoms with Gasteiger partial charge in [-0.25, -0.2) is 8.42 Å². The van der Waals surface area contributed by atoms with Crippen LogP contribution in [0.5, 0.6) is 0 Å². The van der Waals surface area contributed by atoms with Crippen molar-refractivity contribution in [3.05, 3.63) is 47.6 Å². The molecular weight excluding hydrogens is 344 g/mol. The maximum Gasteiger partial charge on any atom is 0.221 e. The van der Waals surface area contributed by atoms with E-state index in [2.05, 4.69) is 10.3 Å². The molecule has 0 aliphatic heterocycles. The van der Waals surface area contributed by atoms with E-state index < -0.39 is 15.1 Å². The van der Waals surface area contributed by atoms with Crippen LogP contribution in [0.1, 0.15) is 17.2 Å². The third-order valence-corrected chi connectivity index (χ3v) is 6.73. The molecule has 22 heavy (non-hydrogen) atoms. The topological polar surface area (TPSA) is 76.1 Å². The minimum atomic E-state index is -3.59. The van der Waals surface area contributed by atoms with Crippen molar-refractivity contribution in [3.8, 4) is 0 Å². The number of carbonyl (C=O) groups excluding carboxylic acids is 1. The molecule has 8 heteroatoms. The van der Waals surface area contributed by atoms with Gasteiger partial charge in [0, 0.05) is 31.2 Å². The number of thiophene rings is 1. The van der Waals surface area contributed by atoms with Gasteiger partial charge in [-0.1, -0.05) is 12.1 Å². The molecule has 2 aromatic heterocycles. The molecule has 1 N–H and O–H groups in total. The van der Waals surface area contributed by atoms with Gasteiger partial charge in [0.2, 0.25) is 5.91 Å². The number of halogens is 1. The van der Waals surface area contributed by atoms with Crippen LogP contribution in [0.15, 0.2) is 46.2 Å². The lowest BCUT2D eigenvalue weighted by Gasteiger charge is -2.17. The summed E-state index contributed by atoms with van der Waals surface area (Å²) in [6, 6.07) is 6.61. The summed E-state index contributed by atoms with van der Waals surface area (Å²) in [5.41, 5.74) is 0.544. The summed E-state index contributed by atoms with van der Waals surface area (Å²) in [6.07, 6.45) is 3.23. The van der Waals surface area contributed by atoms with Gasteiger partial charge in [-0.3, -0.25) is 9.78 Å². The highest BCUT2D eigenvalue weighted by atomic mass is 35.5. The van der Waals surface area contributed by atoms with Gasteiger partial charge < -0.3 is 5.32 Å². The number of aromatic nitrogens is 1. The zero-order chi connectivity index (χ0) is 16.0. The molecule has 118 valence electrons. The molecule has 0 aliphatic carbocycles. The number of hydrogen-bond acceptors (Lipinski definition) is 5. The molecule has 0 saturated heterocycles. The summed E-state index contributed by atoms with van der Waals surface area (Å²) in [5.74, 6) is -0.0774. The van der Waals surface area contributed by atoms with Crippen LogP contribution >= 0.6 is 22.9 Å². The molecule has 0 aliphatic rings. The quantitative estimate of drug-likeness (QED) is 0.771. The molecule has 2 rings (SSSR count). The minimum absolute atomic E-state index is 0.0123. The zero-order valence-corrected chi connectivity index (χ0v) is 14.0. The molecule has 0 unspecified atom stereocenters. The first-order chi connectivity index (χ1) is 10.6. The van der Waals surface area contributed by atoms with Crippen molar-refractivity contribution in [2.24, 2.45) is 0 Å². The monoisotopic (exact) mass is 358 g/mol. The van der Waals surface area contributed by atoms with E-state index in [1.165, 1.54) is 6.20 Å². The molecule has 1 amide bonds. The lowest BCUT2D eigenvalue weighted by atomic mass is 10.2. The van der Waals surface area contributed by atoms with Gasteiger partial charge >= 0.3 is 0 Å². The highest BCUT2D eigenvalue weighted by Gasteiger charge is 2.30. The van der Waals surface area contributed by atoms with Crippen molar-refractivity contribution in [2.45, 2.75) is 15.9 Å². The summed E-state index contributed by atoms with van der Waals surface area (Å²) in [5, 5.41) is 3.46. The molecule has 0 radical (unpaired) electrons. The summed E-state index contributed by atoms with van der Waals surface area (Å²) in [6.45, 7) is -0.0123. The Hall–Kier alpha value is -1.44. The van der Waals surface area contributed by atoms with Crippen LogP contribution in [-0.2, 0) is 14.6 Å². The van der Waals surface area contributed by atoms with Gasteiger partial charge in [-0.15, -0.1) is 22.9 Å². The predicted molar refractivity (Wildman–Crippen MR) is 86.8 cm³/mol. The molecule has 0 bridgehead atoms. The Balaban J connectivity index is 2.28. The maximum absolute atomic E-state index is 12.8. The van der Waals surface area contributed by atoms with Gasteiger partial charge in [-0.05, 0) is 23.1 Å². The molecule has 0 spiro atoms. The Morgan fingerprint density at radius 1 is 1.36 bits per heavy atom. The molecule has 0 saturated carbocycles. The Morgan fingerprint density at radius 3 is 2.77 bits per heavy atom. The van der Waals surface area contributed by atoms with E-state index in [1.54, 1.807) is 35.8 Å². The second-order valence-corrected chi connectivity index (χ2v) is 8.18. The van der Waals surface area contributed by atoms with Crippen molar-refractivity contribution in [2.75, 3.05) is 12.4 Å². The number of alkyl halides is 1. The van der Waals surface area contributed by atoms with Crippen molar-refractivity contribution in [1.29, 1.82) is 0 Å². The average molecular weight is 359 g/mol. The molecule has 2 heterocycles. The summed E-state index contributed by atoms with van der Waals surface area (Å²) >= 11 is 6.67. The summed E-state index contributed by atoms with van der Waals surface area (Å²) in [7, 11) is -3.59. The number of hydrogen-bond donors (Lipinski definition) is 1. The van der Waals surface area contributed by atoms with Crippen molar-refractivity contribution in [1.82, 2.24) is 10.3 Å². The van der Waals surface area contributed by atoms with Gasteiger partial charge in [0.05, 0.1) is 0 Å². The van der Waals surface area contributed by atoms with Gasteiger partial charge in [0.1, 0.15) is 9.46 Å². The smallest absolute Gasteiger partial charge is 0.221 e. The highest BCUT2D eigenvalue weighted by Crippen LogP contribution is 2.30. The molecular formula is C14H15ClN2O3S2. The molecule has 0 fully saturated rings. The van der Waals surface area contributed by atoms with Gasteiger partial charge in [0.15, 0.2) is 9.84 Å². The lowest BCUT2D eigenvalue weighted by molar-refractivity contribution is -0.120. The van der Waals surface area contributed by atoms with E-state index >= 15 is 0 Å². The minimum Gasteiger partial charge on any atom is -0.354 e. The van der Waals surface area contributed by atoms with E-state index in [9.17, 15) is 13.2 Å². The SMILES string of the molecule is O=C(CCCl)NC[C@@H](c1cccnc1)S(=O)(=O)c1cccs1. The fourth-order valence-electron chi connectivity index (χ4n) is 1.92. The fraction of sp³-hybridized carbons (Fsp3) is 0.286. The first kappa shape index (κ1) is 16.9. The van der Waals surface area contributed by atoms with Crippen molar-refractivity contribution >= 4 is 38.7 Å². The normalized spacial score (nSPS) is 12.8. The number of nitrogens with zero attached hydrogens (tertiary/aromatic N) is 1. The lowest BCUT2D eigenvalue weighted by Crippen LogP contribution is -2.31. The van der Waals surface area contributed by atoms with E-state index in [1.807, 2.05) is 0 Å². The van der Waals surface area contributed by atoms with E-state index in [0.29, 0.717) is 5.56 Å². The summed E-state index contributed by atoms with van der Waals surface area (Å²) in [4.78, 5) is 15.6. The summed E-state index contributed by atoms with van der Waals surface area (Å²) < 4.78 is 25.8. The average Bonchev–Trinajstić information content (AvgIpc) is 3.03. The van der Waals surface area contributed by atoms with E-state index in [0.717, 1.165) is 11.3 Å². The van der Waals surface area contributed by atoms with Crippen LogP contribution < -0.4 is 5.32 Å². The van der Waals surface area contributed by atoms with Gasteiger partial charge in [0.25, 0.3) is 0 Å². The van der Waals surface area contributed by atoms with Crippen LogP contribution in [0.2, 0.25) is 0 Å².